The Morgan fingerprint density at radius 1 is 0.283 bits per heavy atom. The van der Waals surface area contributed by atoms with Gasteiger partial charge in [-0.05, 0) is 116 Å². The molecule has 0 fully saturated rings. The van der Waals surface area contributed by atoms with Crippen molar-refractivity contribution >= 4 is 64.6 Å². The van der Waals surface area contributed by atoms with Gasteiger partial charge in [-0.15, -0.1) is 0 Å². The Kier molecular flexibility index (Phi) is 5.35. The first-order valence-corrected chi connectivity index (χ1v) is 15.9. The summed E-state index contributed by atoms with van der Waals surface area (Å²) in [6, 6.07) is 56.2. The molecule has 1 heterocycles. The van der Waals surface area contributed by atoms with Gasteiger partial charge in [0.25, 0.3) is 0 Å². The Labute approximate surface area is 266 Å². The van der Waals surface area contributed by atoms with E-state index in [1.807, 2.05) is 18.5 Å². The summed E-state index contributed by atoms with van der Waals surface area (Å²) in [4.78, 5) is 4.27. The Morgan fingerprint density at radius 2 is 0.717 bits per heavy atom. The predicted octanol–water partition coefficient (Wildman–Crippen LogP) is 12.4. The molecule has 46 heavy (non-hydrogen) atoms. The lowest BCUT2D eigenvalue weighted by Gasteiger charge is -2.17. The van der Waals surface area contributed by atoms with Crippen molar-refractivity contribution in [2.45, 2.75) is 0 Å². The minimum absolute atomic E-state index is 1.13. The molecule has 1 aromatic heterocycles. The highest BCUT2D eigenvalue weighted by Gasteiger charge is 2.16. The molecule has 0 unspecified atom stereocenters. The van der Waals surface area contributed by atoms with Crippen LogP contribution >= 0.6 is 0 Å². The summed E-state index contributed by atoms with van der Waals surface area (Å²) in [6.07, 6.45) is 3.72. The van der Waals surface area contributed by atoms with Gasteiger partial charge in [0.1, 0.15) is 0 Å². The van der Waals surface area contributed by atoms with E-state index in [0.717, 1.165) is 5.56 Å². The summed E-state index contributed by atoms with van der Waals surface area (Å²) in [5, 5.41) is 15.7. The maximum Gasteiger partial charge on any atom is 0.0346 e. The monoisotopic (exact) mass is 581 g/mol. The topological polar surface area (TPSA) is 12.9 Å². The second-order valence-corrected chi connectivity index (χ2v) is 12.4. The van der Waals surface area contributed by atoms with Crippen molar-refractivity contribution in [3.05, 3.63) is 164 Å². The highest BCUT2D eigenvalue weighted by molar-refractivity contribution is 6.37. The summed E-state index contributed by atoms with van der Waals surface area (Å²) in [5.41, 5.74) is 7.17. The number of pyridine rings is 1. The van der Waals surface area contributed by atoms with Crippen LogP contribution in [0.25, 0.3) is 98.0 Å². The molecule has 0 spiro atoms. The first kappa shape index (κ1) is 25.3. The van der Waals surface area contributed by atoms with Crippen molar-refractivity contribution in [3.8, 4) is 33.4 Å². The molecule has 0 aliphatic rings. The van der Waals surface area contributed by atoms with Gasteiger partial charge in [-0.1, -0.05) is 133 Å². The van der Waals surface area contributed by atoms with E-state index in [1.165, 1.54) is 92.5 Å². The van der Waals surface area contributed by atoms with E-state index in [9.17, 15) is 0 Å². The lowest BCUT2D eigenvalue weighted by atomic mass is 9.86. The second-order valence-electron chi connectivity index (χ2n) is 12.4. The van der Waals surface area contributed by atoms with E-state index in [1.54, 1.807) is 0 Å². The SMILES string of the molecule is c1cncc(-c2ccc(-c3ccc(-c4cc5ccc6cccc7c8cccc9ccc%10cccc(c(c4)c5c67)c%10c98)cc3)cc2)c1. The second kappa shape index (κ2) is 9.72. The Balaban J connectivity index is 1.21. The number of nitrogens with zero attached hydrogens (tertiary/aromatic N) is 1. The lowest BCUT2D eigenvalue weighted by Crippen LogP contribution is -1.89. The highest BCUT2D eigenvalue weighted by atomic mass is 14.6. The van der Waals surface area contributed by atoms with E-state index >= 15 is 0 Å². The average molecular weight is 582 g/mol. The van der Waals surface area contributed by atoms with Crippen molar-refractivity contribution in [2.24, 2.45) is 0 Å². The van der Waals surface area contributed by atoms with Gasteiger partial charge >= 0.3 is 0 Å². The van der Waals surface area contributed by atoms with E-state index < -0.39 is 0 Å². The van der Waals surface area contributed by atoms with Crippen LogP contribution in [0.3, 0.4) is 0 Å². The van der Waals surface area contributed by atoms with E-state index in [4.69, 9.17) is 0 Å². The van der Waals surface area contributed by atoms with Crippen LogP contribution < -0.4 is 0 Å². The minimum Gasteiger partial charge on any atom is -0.264 e. The zero-order valence-electron chi connectivity index (χ0n) is 25.0. The third-order valence-corrected chi connectivity index (χ3v) is 9.86. The number of fused-ring (bicyclic) bond motifs is 2. The van der Waals surface area contributed by atoms with Crippen molar-refractivity contribution < 1.29 is 0 Å². The fourth-order valence-corrected chi connectivity index (χ4v) is 7.69. The first-order chi connectivity index (χ1) is 22.8. The molecule has 0 N–H and O–H groups in total. The Bertz CT molecular complexity index is 2750. The number of aromatic nitrogens is 1. The molecular weight excluding hydrogens is 555 g/mol. The normalized spacial score (nSPS) is 11.9. The molecule has 1 nitrogen and oxygen atoms in total. The molecule has 1 heteroatoms. The Hall–Kier alpha value is -6.05. The summed E-state index contributed by atoms with van der Waals surface area (Å²) in [7, 11) is 0. The number of hydrogen-bond donors (Lipinski definition) is 0. The van der Waals surface area contributed by atoms with Crippen LogP contribution in [-0.4, -0.2) is 4.98 Å². The molecule has 0 aliphatic carbocycles. The van der Waals surface area contributed by atoms with E-state index in [0.29, 0.717) is 0 Å². The van der Waals surface area contributed by atoms with Gasteiger partial charge in [0.15, 0.2) is 0 Å². The zero-order valence-corrected chi connectivity index (χ0v) is 25.0. The maximum atomic E-state index is 4.27. The molecule has 0 atom stereocenters. The van der Waals surface area contributed by atoms with E-state index in [-0.39, 0.29) is 0 Å². The number of hydrogen-bond acceptors (Lipinski definition) is 1. The van der Waals surface area contributed by atoms with Crippen LogP contribution in [0.15, 0.2) is 164 Å². The maximum absolute atomic E-state index is 4.27. The standard InChI is InChI=1S/C45H27N/c1-5-32-20-21-33-7-3-11-40-41-26-37(31-18-14-29(15-19-31)28-12-16-30(17-13-28)36-8-4-24-46-27-36)25-35-23-22-34-6-2-10-39(43(34)45(35)41)38(9-1)42(32)44(33)40/h1-27H. The summed E-state index contributed by atoms with van der Waals surface area (Å²) >= 11 is 0. The molecule has 0 amide bonds. The average Bonchev–Trinajstić information content (AvgIpc) is 3.13. The summed E-state index contributed by atoms with van der Waals surface area (Å²) in [5.74, 6) is 0. The van der Waals surface area contributed by atoms with Crippen molar-refractivity contribution in [2.75, 3.05) is 0 Å². The molecule has 0 aliphatic heterocycles. The van der Waals surface area contributed by atoms with Crippen molar-refractivity contribution in [1.82, 2.24) is 4.98 Å². The molecule has 212 valence electrons. The van der Waals surface area contributed by atoms with Gasteiger partial charge in [0.2, 0.25) is 0 Å². The van der Waals surface area contributed by atoms with Crippen LogP contribution in [0.1, 0.15) is 0 Å². The van der Waals surface area contributed by atoms with Gasteiger partial charge in [-0.2, -0.15) is 0 Å². The summed E-state index contributed by atoms with van der Waals surface area (Å²) in [6.45, 7) is 0. The third kappa shape index (κ3) is 3.72. The largest absolute Gasteiger partial charge is 0.264 e. The number of benzene rings is 8. The fraction of sp³-hybridized carbons (Fsp3) is 0. The molecule has 10 rings (SSSR count). The lowest BCUT2D eigenvalue weighted by molar-refractivity contribution is 1.33. The highest BCUT2D eigenvalue weighted by Crippen LogP contribution is 2.44. The predicted molar refractivity (Wildman–Crippen MR) is 197 cm³/mol. The quantitative estimate of drug-likeness (QED) is 0.189. The molecule has 0 saturated heterocycles. The minimum atomic E-state index is 1.13. The molecule has 9 aromatic carbocycles. The number of rotatable bonds is 3. The van der Waals surface area contributed by atoms with Crippen LogP contribution in [0, 0.1) is 0 Å². The van der Waals surface area contributed by atoms with Crippen LogP contribution in [-0.2, 0) is 0 Å². The van der Waals surface area contributed by atoms with Gasteiger partial charge in [-0.25, -0.2) is 0 Å². The Morgan fingerprint density at radius 3 is 1.22 bits per heavy atom. The van der Waals surface area contributed by atoms with Crippen LogP contribution in [0.2, 0.25) is 0 Å². The van der Waals surface area contributed by atoms with Gasteiger partial charge < -0.3 is 0 Å². The van der Waals surface area contributed by atoms with Crippen LogP contribution in [0.5, 0.6) is 0 Å². The molecule has 10 aromatic rings. The smallest absolute Gasteiger partial charge is 0.0346 e. The van der Waals surface area contributed by atoms with E-state index in [2.05, 4.69) is 151 Å². The molecular formula is C45H27N. The first-order valence-electron chi connectivity index (χ1n) is 15.9. The molecule has 0 bridgehead atoms. The zero-order chi connectivity index (χ0) is 30.2. The van der Waals surface area contributed by atoms with Crippen LogP contribution in [0.4, 0.5) is 0 Å². The van der Waals surface area contributed by atoms with Gasteiger partial charge in [-0.3, -0.25) is 4.98 Å². The van der Waals surface area contributed by atoms with Gasteiger partial charge in [0, 0.05) is 12.4 Å². The molecule has 0 radical (unpaired) electrons. The summed E-state index contributed by atoms with van der Waals surface area (Å²) < 4.78 is 0. The van der Waals surface area contributed by atoms with Crippen molar-refractivity contribution in [1.29, 1.82) is 0 Å². The fourth-order valence-electron chi connectivity index (χ4n) is 7.69. The third-order valence-electron chi connectivity index (χ3n) is 9.86. The molecule has 0 saturated carbocycles. The van der Waals surface area contributed by atoms with Crippen molar-refractivity contribution in [3.63, 3.8) is 0 Å². The van der Waals surface area contributed by atoms with Gasteiger partial charge in [0.05, 0.1) is 0 Å².